The van der Waals surface area contributed by atoms with Crippen molar-refractivity contribution >= 4 is 15.9 Å². The van der Waals surface area contributed by atoms with Crippen molar-refractivity contribution in [2.75, 3.05) is 7.11 Å². The SMILES string of the molecule is COc1ccccc1C(N)c1ccc(C)cc1Br. The van der Waals surface area contributed by atoms with Crippen molar-refractivity contribution in [3.05, 3.63) is 63.6 Å². The molecule has 1 unspecified atom stereocenters. The van der Waals surface area contributed by atoms with E-state index in [1.165, 1.54) is 5.56 Å². The topological polar surface area (TPSA) is 35.2 Å². The predicted molar refractivity (Wildman–Crippen MR) is 77.9 cm³/mol. The third kappa shape index (κ3) is 2.57. The van der Waals surface area contributed by atoms with Crippen LogP contribution in [0.4, 0.5) is 0 Å². The molecule has 0 aliphatic carbocycles. The molecule has 0 aliphatic rings. The van der Waals surface area contributed by atoms with E-state index in [0.29, 0.717) is 0 Å². The summed E-state index contributed by atoms with van der Waals surface area (Å²) in [4.78, 5) is 0. The van der Waals surface area contributed by atoms with Crippen LogP contribution in [-0.2, 0) is 0 Å². The van der Waals surface area contributed by atoms with Crippen LogP contribution in [0.1, 0.15) is 22.7 Å². The first kappa shape index (κ1) is 13.1. The maximum atomic E-state index is 6.33. The zero-order chi connectivity index (χ0) is 13.1. The molecule has 2 aromatic rings. The highest BCUT2D eigenvalue weighted by molar-refractivity contribution is 9.10. The molecule has 0 aromatic heterocycles. The molecule has 0 fully saturated rings. The van der Waals surface area contributed by atoms with Gasteiger partial charge in [-0.3, -0.25) is 0 Å². The molecule has 0 radical (unpaired) electrons. The van der Waals surface area contributed by atoms with E-state index >= 15 is 0 Å². The fraction of sp³-hybridized carbons (Fsp3) is 0.200. The monoisotopic (exact) mass is 305 g/mol. The lowest BCUT2D eigenvalue weighted by molar-refractivity contribution is 0.408. The van der Waals surface area contributed by atoms with E-state index in [9.17, 15) is 0 Å². The summed E-state index contributed by atoms with van der Waals surface area (Å²) in [6, 6.07) is 13.8. The summed E-state index contributed by atoms with van der Waals surface area (Å²) in [7, 11) is 1.66. The Morgan fingerprint density at radius 2 is 1.83 bits per heavy atom. The first-order valence-corrected chi connectivity index (χ1v) is 6.57. The minimum absolute atomic E-state index is 0.198. The van der Waals surface area contributed by atoms with E-state index < -0.39 is 0 Å². The first-order chi connectivity index (χ1) is 8.63. The number of hydrogen-bond acceptors (Lipinski definition) is 2. The number of ether oxygens (including phenoxy) is 1. The second-order valence-electron chi connectivity index (χ2n) is 4.24. The number of aryl methyl sites for hydroxylation is 1. The molecule has 3 heteroatoms. The molecule has 0 heterocycles. The van der Waals surface area contributed by atoms with Crippen molar-refractivity contribution in [2.45, 2.75) is 13.0 Å². The van der Waals surface area contributed by atoms with E-state index in [1.54, 1.807) is 7.11 Å². The van der Waals surface area contributed by atoms with Crippen LogP contribution in [0.15, 0.2) is 46.9 Å². The Hall–Kier alpha value is -1.32. The number of benzene rings is 2. The quantitative estimate of drug-likeness (QED) is 0.936. The average molecular weight is 306 g/mol. The summed E-state index contributed by atoms with van der Waals surface area (Å²) in [5.41, 5.74) is 9.59. The van der Waals surface area contributed by atoms with E-state index in [-0.39, 0.29) is 6.04 Å². The summed E-state index contributed by atoms with van der Waals surface area (Å²) in [6.07, 6.45) is 0. The van der Waals surface area contributed by atoms with Gasteiger partial charge in [0.1, 0.15) is 5.75 Å². The number of nitrogens with two attached hydrogens (primary N) is 1. The lowest BCUT2D eigenvalue weighted by Gasteiger charge is -2.17. The van der Waals surface area contributed by atoms with Gasteiger partial charge in [0, 0.05) is 10.0 Å². The fourth-order valence-corrected chi connectivity index (χ4v) is 2.72. The van der Waals surface area contributed by atoms with Gasteiger partial charge in [0.05, 0.1) is 13.2 Å². The van der Waals surface area contributed by atoms with Gasteiger partial charge in [0.15, 0.2) is 0 Å². The van der Waals surface area contributed by atoms with Crippen molar-refractivity contribution in [1.29, 1.82) is 0 Å². The van der Waals surface area contributed by atoms with E-state index in [0.717, 1.165) is 21.3 Å². The van der Waals surface area contributed by atoms with Crippen LogP contribution in [0.25, 0.3) is 0 Å². The van der Waals surface area contributed by atoms with Crippen LogP contribution < -0.4 is 10.5 Å². The Kier molecular flexibility index (Phi) is 4.04. The molecule has 2 rings (SSSR count). The van der Waals surface area contributed by atoms with Gasteiger partial charge in [-0.25, -0.2) is 0 Å². The van der Waals surface area contributed by atoms with E-state index in [2.05, 4.69) is 41.1 Å². The summed E-state index contributed by atoms with van der Waals surface area (Å²) in [5, 5.41) is 0. The lowest BCUT2D eigenvalue weighted by atomic mass is 9.98. The molecule has 0 saturated heterocycles. The standard InChI is InChI=1S/C15H16BrNO/c1-10-7-8-11(13(16)9-10)15(17)12-5-3-4-6-14(12)18-2/h3-9,15H,17H2,1-2H3. The molecular formula is C15H16BrNO. The van der Waals surface area contributed by atoms with Crippen molar-refractivity contribution in [3.8, 4) is 5.75 Å². The molecular weight excluding hydrogens is 290 g/mol. The van der Waals surface area contributed by atoms with Crippen molar-refractivity contribution in [3.63, 3.8) is 0 Å². The van der Waals surface area contributed by atoms with Crippen molar-refractivity contribution < 1.29 is 4.74 Å². The van der Waals surface area contributed by atoms with Crippen LogP contribution in [-0.4, -0.2) is 7.11 Å². The molecule has 1 atom stereocenters. The van der Waals surface area contributed by atoms with Gasteiger partial charge in [0.2, 0.25) is 0 Å². The normalized spacial score (nSPS) is 12.2. The Morgan fingerprint density at radius 3 is 2.50 bits per heavy atom. The second-order valence-corrected chi connectivity index (χ2v) is 5.10. The van der Waals surface area contributed by atoms with Crippen LogP contribution in [0.2, 0.25) is 0 Å². The highest BCUT2D eigenvalue weighted by Crippen LogP contribution is 2.32. The average Bonchev–Trinajstić information content (AvgIpc) is 2.38. The molecule has 18 heavy (non-hydrogen) atoms. The van der Waals surface area contributed by atoms with Crippen molar-refractivity contribution in [1.82, 2.24) is 0 Å². The molecule has 2 aromatic carbocycles. The summed E-state index contributed by atoms with van der Waals surface area (Å²) in [6.45, 7) is 2.06. The molecule has 0 spiro atoms. The van der Waals surface area contributed by atoms with Gasteiger partial charge >= 0.3 is 0 Å². The third-order valence-corrected chi connectivity index (χ3v) is 3.65. The Morgan fingerprint density at radius 1 is 1.11 bits per heavy atom. The molecule has 94 valence electrons. The molecule has 2 nitrogen and oxygen atoms in total. The number of hydrogen-bond donors (Lipinski definition) is 1. The summed E-state index contributed by atoms with van der Waals surface area (Å²) < 4.78 is 6.38. The molecule has 0 saturated carbocycles. The van der Waals surface area contributed by atoms with E-state index in [4.69, 9.17) is 10.5 Å². The zero-order valence-electron chi connectivity index (χ0n) is 10.5. The maximum absolute atomic E-state index is 6.33. The minimum Gasteiger partial charge on any atom is -0.496 e. The predicted octanol–water partition coefficient (Wildman–Crippen LogP) is 3.81. The maximum Gasteiger partial charge on any atom is 0.123 e. The third-order valence-electron chi connectivity index (χ3n) is 2.96. The summed E-state index contributed by atoms with van der Waals surface area (Å²) in [5.74, 6) is 0.817. The Labute approximate surface area is 116 Å². The number of halogens is 1. The number of rotatable bonds is 3. The Balaban J connectivity index is 2.44. The minimum atomic E-state index is -0.198. The van der Waals surface area contributed by atoms with Crippen LogP contribution in [0.5, 0.6) is 5.75 Å². The van der Waals surface area contributed by atoms with E-state index in [1.807, 2.05) is 24.3 Å². The molecule has 0 bridgehead atoms. The summed E-state index contributed by atoms with van der Waals surface area (Å²) >= 11 is 3.57. The Bertz CT molecular complexity index is 554. The highest BCUT2D eigenvalue weighted by Gasteiger charge is 2.15. The number of para-hydroxylation sites is 1. The fourth-order valence-electron chi connectivity index (χ4n) is 1.98. The van der Waals surface area contributed by atoms with Crippen LogP contribution in [0, 0.1) is 6.92 Å². The first-order valence-electron chi connectivity index (χ1n) is 5.78. The molecule has 0 aliphatic heterocycles. The van der Waals surface area contributed by atoms with Gasteiger partial charge in [0.25, 0.3) is 0 Å². The van der Waals surface area contributed by atoms with Gasteiger partial charge in [-0.05, 0) is 30.2 Å². The van der Waals surface area contributed by atoms with Crippen LogP contribution >= 0.6 is 15.9 Å². The lowest BCUT2D eigenvalue weighted by Crippen LogP contribution is -2.13. The zero-order valence-corrected chi connectivity index (χ0v) is 12.1. The highest BCUT2D eigenvalue weighted by atomic mass is 79.9. The number of methoxy groups -OCH3 is 1. The van der Waals surface area contributed by atoms with Crippen molar-refractivity contribution in [2.24, 2.45) is 5.73 Å². The van der Waals surface area contributed by atoms with Gasteiger partial charge < -0.3 is 10.5 Å². The van der Waals surface area contributed by atoms with Gasteiger partial charge in [-0.15, -0.1) is 0 Å². The smallest absolute Gasteiger partial charge is 0.123 e. The largest absolute Gasteiger partial charge is 0.496 e. The molecule has 2 N–H and O–H groups in total. The van der Waals surface area contributed by atoms with Gasteiger partial charge in [-0.2, -0.15) is 0 Å². The molecule has 0 amide bonds. The van der Waals surface area contributed by atoms with Gasteiger partial charge in [-0.1, -0.05) is 46.3 Å². The second kappa shape index (κ2) is 5.55. The van der Waals surface area contributed by atoms with Crippen LogP contribution in [0.3, 0.4) is 0 Å².